The van der Waals surface area contributed by atoms with E-state index in [0.29, 0.717) is 24.0 Å². The molecule has 6 nitrogen and oxygen atoms in total. The number of amides is 2. The summed E-state index contributed by atoms with van der Waals surface area (Å²) in [6.07, 6.45) is 1.73. The molecule has 0 aromatic heterocycles. The number of para-hydroxylation sites is 1. The van der Waals surface area contributed by atoms with Crippen LogP contribution in [-0.4, -0.2) is 40.3 Å². The van der Waals surface area contributed by atoms with E-state index in [1.807, 2.05) is 62.4 Å². The number of nitrogens with one attached hydrogen (secondary N) is 1. The van der Waals surface area contributed by atoms with Crippen LogP contribution in [0.25, 0.3) is 0 Å². The topological polar surface area (TPSA) is 71.0 Å². The predicted octanol–water partition coefficient (Wildman–Crippen LogP) is 4.54. The molecule has 0 saturated carbocycles. The number of amidine groups is 1. The molecule has 2 aromatic rings. The van der Waals surface area contributed by atoms with Crippen molar-refractivity contribution in [1.82, 2.24) is 4.90 Å². The number of ether oxygens (including phenoxy) is 1. The lowest BCUT2D eigenvalue weighted by Crippen LogP contribution is -2.33. The van der Waals surface area contributed by atoms with Crippen molar-refractivity contribution in [3.8, 4) is 5.75 Å². The largest absolute Gasteiger partial charge is 0.494 e. The van der Waals surface area contributed by atoms with E-state index in [-0.39, 0.29) is 18.2 Å². The van der Waals surface area contributed by atoms with E-state index in [1.165, 1.54) is 11.8 Å². The number of benzene rings is 2. The third-order valence-corrected chi connectivity index (χ3v) is 5.67. The minimum absolute atomic E-state index is 0.0772. The predicted molar refractivity (Wildman–Crippen MR) is 122 cm³/mol. The van der Waals surface area contributed by atoms with Gasteiger partial charge in [0.15, 0.2) is 5.17 Å². The van der Waals surface area contributed by atoms with Crippen molar-refractivity contribution in [3.63, 3.8) is 0 Å². The Bertz CT molecular complexity index is 956. The van der Waals surface area contributed by atoms with Gasteiger partial charge in [-0.25, -0.2) is 4.99 Å². The molecule has 2 amide bonds. The van der Waals surface area contributed by atoms with Crippen molar-refractivity contribution in [2.24, 2.45) is 4.99 Å². The highest BCUT2D eigenvalue weighted by Crippen LogP contribution is 2.32. The van der Waals surface area contributed by atoms with Gasteiger partial charge in [0.05, 0.1) is 12.3 Å². The lowest BCUT2D eigenvalue weighted by molar-refractivity contribution is -0.127. The van der Waals surface area contributed by atoms with E-state index in [4.69, 9.17) is 4.74 Å². The molecule has 0 spiro atoms. The van der Waals surface area contributed by atoms with Crippen molar-refractivity contribution in [2.75, 3.05) is 18.5 Å². The van der Waals surface area contributed by atoms with Gasteiger partial charge in [0.25, 0.3) is 0 Å². The van der Waals surface area contributed by atoms with Gasteiger partial charge in [0.1, 0.15) is 11.0 Å². The number of carbonyl (C=O) groups is 2. The molecule has 7 heteroatoms. The standard InChI is InChI=1S/C23H25N3O3S/c1-4-14-26-22(28)20(15-21(27)25-19-9-7-6-8-16(19)3)30-23(26)24-17-10-12-18(13-11-17)29-5-2/h4,6-13,20H,1,5,14-15H2,2-3H3,(H,25,27)/t20-/m1/s1. The second-order valence-electron chi connectivity index (χ2n) is 6.73. The maximum absolute atomic E-state index is 12.9. The van der Waals surface area contributed by atoms with Gasteiger partial charge < -0.3 is 10.1 Å². The third-order valence-electron chi connectivity index (χ3n) is 4.49. The number of carbonyl (C=O) groups excluding carboxylic acids is 2. The van der Waals surface area contributed by atoms with Crippen LogP contribution in [0.3, 0.4) is 0 Å². The Morgan fingerprint density at radius 1 is 1.27 bits per heavy atom. The summed E-state index contributed by atoms with van der Waals surface area (Å²) < 4.78 is 5.45. The molecular formula is C23H25N3O3S. The number of hydrogen-bond donors (Lipinski definition) is 1. The average molecular weight is 424 g/mol. The molecule has 1 saturated heterocycles. The monoisotopic (exact) mass is 423 g/mol. The van der Waals surface area contributed by atoms with Gasteiger partial charge in [-0.2, -0.15) is 0 Å². The van der Waals surface area contributed by atoms with E-state index in [9.17, 15) is 9.59 Å². The first kappa shape index (κ1) is 21.6. The number of rotatable bonds is 8. The molecule has 0 unspecified atom stereocenters. The molecule has 3 rings (SSSR count). The van der Waals surface area contributed by atoms with Gasteiger partial charge in [-0.15, -0.1) is 6.58 Å². The minimum Gasteiger partial charge on any atom is -0.494 e. The first-order chi connectivity index (χ1) is 14.5. The zero-order chi connectivity index (χ0) is 21.5. The highest BCUT2D eigenvalue weighted by Gasteiger charge is 2.38. The number of aliphatic imine (C=N–C) groups is 1. The Labute approximate surface area is 181 Å². The second-order valence-corrected chi connectivity index (χ2v) is 7.90. The smallest absolute Gasteiger partial charge is 0.242 e. The average Bonchev–Trinajstić information content (AvgIpc) is 3.00. The SMILES string of the molecule is C=CCN1C(=O)[C@@H](CC(=O)Nc2ccccc2C)SC1=Nc1ccc(OCC)cc1. The van der Waals surface area contributed by atoms with E-state index in [1.54, 1.807) is 11.0 Å². The zero-order valence-corrected chi connectivity index (χ0v) is 17.9. The van der Waals surface area contributed by atoms with Crippen LogP contribution >= 0.6 is 11.8 Å². The fourth-order valence-electron chi connectivity index (χ4n) is 3.00. The highest BCUT2D eigenvalue weighted by molar-refractivity contribution is 8.15. The molecule has 2 aromatic carbocycles. The maximum Gasteiger partial charge on any atom is 0.242 e. The number of hydrogen-bond acceptors (Lipinski definition) is 5. The van der Waals surface area contributed by atoms with Crippen LogP contribution in [0.1, 0.15) is 18.9 Å². The summed E-state index contributed by atoms with van der Waals surface area (Å²) in [5.74, 6) is 0.436. The molecule has 0 aliphatic carbocycles. The molecule has 1 aliphatic rings. The van der Waals surface area contributed by atoms with Crippen LogP contribution in [0.2, 0.25) is 0 Å². The summed E-state index contributed by atoms with van der Waals surface area (Å²) in [4.78, 5) is 31.6. The van der Waals surface area contributed by atoms with Crippen LogP contribution < -0.4 is 10.1 Å². The van der Waals surface area contributed by atoms with E-state index in [0.717, 1.165) is 17.0 Å². The normalized spacial score (nSPS) is 17.3. The lowest BCUT2D eigenvalue weighted by Gasteiger charge is -2.14. The van der Waals surface area contributed by atoms with Gasteiger partial charge in [0.2, 0.25) is 11.8 Å². The fourth-order valence-corrected chi connectivity index (χ4v) is 4.17. The van der Waals surface area contributed by atoms with Crippen molar-refractivity contribution in [1.29, 1.82) is 0 Å². The number of anilines is 1. The Hall–Kier alpha value is -3.06. The molecule has 1 aliphatic heterocycles. The zero-order valence-electron chi connectivity index (χ0n) is 17.1. The van der Waals surface area contributed by atoms with Gasteiger partial charge in [-0.3, -0.25) is 14.5 Å². The molecule has 1 heterocycles. The van der Waals surface area contributed by atoms with Crippen LogP contribution in [0.4, 0.5) is 11.4 Å². The summed E-state index contributed by atoms with van der Waals surface area (Å²) in [6.45, 7) is 8.53. The van der Waals surface area contributed by atoms with Crippen LogP contribution in [0, 0.1) is 6.92 Å². The summed E-state index contributed by atoms with van der Waals surface area (Å²) >= 11 is 1.31. The van der Waals surface area contributed by atoms with Crippen molar-refractivity contribution >= 4 is 40.1 Å². The molecule has 0 bridgehead atoms. The number of nitrogens with zero attached hydrogens (tertiary/aromatic N) is 2. The van der Waals surface area contributed by atoms with E-state index in [2.05, 4.69) is 16.9 Å². The second kappa shape index (κ2) is 10.1. The maximum atomic E-state index is 12.9. The van der Waals surface area contributed by atoms with Crippen LogP contribution in [-0.2, 0) is 9.59 Å². The van der Waals surface area contributed by atoms with Crippen molar-refractivity contribution < 1.29 is 14.3 Å². The van der Waals surface area contributed by atoms with Crippen molar-refractivity contribution in [2.45, 2.75) is 25.5 Å². The summed E-state index contributed by atoms with van der Waals surface area (Å²) in [5, 5.41) is 2.94. The summed E-state index contributed by atoms with van der Waals surface area (Å²) in [5.41, 5.74) is 2.44. The van der Waals surface area contributed by atoms with Crippen LogP contribution in [0.15, 0.2) is 66.2 Å². The van der Waals surface area contributed by atoms with Gasteiger partial charge in [-0.1, -0.05) is 36.0 Å². The van der Waals surface area contributed by atoms with Gasteiger partial charge >= 0.3 is 0 Å². The minimum atomic E-state index is -0.518. The molecular weight excluding hydrogens is 398 g/mol. The van der Waals surface area contributed by atoms with Gasteiger partial charge in [0, 0.05) is 18.7 Å². The van der Waals surface area contributed by atoms with Gasteiger partial charge in [-0.05, 0) is 49.7 Å². The van der Waals surface area contributed by atoms with E-state index < -0.39 is 5.25 Å². The number of thioether (sulfide) groups is 1. The van der Waals surface area contributed by atoms with Crippen molar-refractivity contribution in [3.05, 3.63) is 66.7 Å². The molecule has 30 heavy (non-hydrogen) atoms. The van der Waals surface area contributed by atoms with E-state index >= 15 is 0 Å². The fraction of sp³-hybridized carbons (Fsp3) is 0.261. The van der Waals surface area contributed by atoms with Crippen LogP contribution in [0.5, 0.6) is 5.75 Å². The molecule has 1 fully saturated rings. The quantitative estimate of drug-likeness (QED) is 0.633. The first-order valence-corrected chi connectivity index (χ1v) is 10.7. The molecule has 1 N–H and O–H groups in total. The Kier molecular flexibility index (Phi) is 7.30. The highest BCUT2D eigenvalue weighted by atomic mass is 32.2. The molecule has 156 valence electrons. The first-order valence-electron chi connectivity index (χ1n) is 9.77. The Morgan fingerprint density at radius 3 is 2.67 bits per heavy atom. The lowest BCUT2D eigenvalue weighted by atomic mass is 10.2. The Balaban J connectivity index is 1.72. The molecule has 1 atom stereocenters. The molecule has 0 radical (unpaired) electrons. The number of aryl methyl sites for hydroxylation is 1. The summed E-state index contributed by atoms with van der Waals surface area (Å²) in [6, 6.07) is 14.9. The Morgan fingerprint density at radius 2 is 2.00 bits per heavy atom. The summed E-state index contributed by atoms with van der Waals surface area (Å²) in [7, 11) is 0. The third kappa shape index (κ3) is 5.30.